The lowest BCUT2D eigenvalue weighted by atomic mass is 10.1. The van der Waals surface area contributed by atoms with Gasteiger partial charge in [-0.25, -0.2) is 12.7 Å². The minimum Gasteiger partial charge on any atom is -0.308 e. The maximum absolute atomic E-state index is 12.7. The van der Waals surface area contributed by atoms with Crippen molar-refractivity contribution in [2.75, 3.05) is 25.5 Å². The van der Waals surface area contributed by atoms with Gasteiger partial charge in [-0.05, 0) is 42.3 Å². The summed E-state index contributed by atoms with van der Waals surface area (Å²) < 4.78 is 25.3. The first-order chi connectivity index (χ1) is 10.9. The van der Waals surface area contributed by atoms with Crippen LogP contribution in [-0.4, -0.2) is 39.3 Å². The van der Waals surface area contributed by atoms with Gasteiger partial charge in [-0.3, -0.25) is 4.79 Å². The number of hydrogen-bond acceptors (Lipinski definition) is 3. The van der Waals surface area contributed by atoms with Crippen molar-refractivity contribution < 1.29 is 13.2 Å². The molecule has 0 aliphatic carbocycles. The summed E-state index contributed by atoms with van der Waals surface area (Å²) in [6, 6.07) is 13.9. The van der Waals surface area contributed by atoms with Gasteiger partial charge < -0.3 is 4.90 Å². The zero-order valence-corrected chi connectivity index (χ0v) is 13.9. The smallest absolute Gasteiger partial charge is 0.258 e. The van der Waals surface area contributed by atoms with Crippen molar-refractivity contribution >= 4 is 21.6 Å². The average molecular weight is 330 g/mol. The van der Waals surface area contributed by atoms with E-state index < -0.39 is 10.0 Å². The Bertz CT molecular complexity index is 842. The van der Waals surface area contributed by atoms with Gasteiger partial charge in [0.25, 0.3) is 5.91 Å². The molecule has 0 aromatic heterocycles. The van der Waals surface area contributed by atoms with E-state index in [0.717, 1.165) is 22.0 Å². The molecule has 23 heavy (non-hydrogen) atoms. The van der Waals surface area contributed by atoms with Crippen molar-refractivity contribution in [2.45, 2.75) is 11.3 Å². The third-order valence-electron chi connectivity index (χ3n) is 4.01. The lowest BCUT2D eigenvalue weighted by molar-refractivity contribution is 0.0989. The molecule has 1 heterocycles. The number of carbonyl (C=O) groups excluding carboxylic acids is 1. The van der Waals surface area contributed by atoms with Gasteiger partial charge in [0.1, 0.15) is 0 Å². The average Bonchev–Trinajstić information content (AvgIpc) is 2.98. The minimum absolute atomic E-state index is 0.108. The van der Waals surface area contributed by atoms with Crippen LogP contribution in [-0.2, 0) is 16.4 Å². The number of anilines is 1. The van der Waals surface area contributed by atoms with Crippen LogP contribution in [0.2, 0.25) is 0 Å². The molecule has 2 aromatic rings. The lowest BCUT2D eigenvalue weighted by Gasteiger charge is -2.18. The number of benzene rings is 2. The van der Waals surface area contributed by atoms with Crippen LogP contribution >= 0.6 is 0 Å². The van der Waals surface area contributed by atoms with Gasteiger partial charge in [-0.1, -0.05) is 18.2 Å². The van der Waals surface area contributed by atoms with Crippen LogP contribution in [0.4, 0.5) is 5.69 Å². The molecule has 0 spiro atoms. The highest BCUT2D eigenvalue weighted by Gasteiger charge is 2.25. The Labute approximate surface area is 136 Å². The van der Waals surface area contributed by atoms with Gasteiger partial charge in [0.15, 0.2) is 0 Å². The molecule has 1 aliphatic heterocycles. The number of nitrogens with zero attached hydrogens (tertiary/aromatic N) is 2. The van der Waals surface area contributed by atoms with Gasteiger partial charge >= 0.3 is 0 Å². The van der Waals surface area contributed by atoms with E-state index in [2.05, 4.69) is 0 Å². The summed E-state index contributed by atoms with van der Waals surface area (Å²) in [4.78, 5) is 14.6. The highest BCUT2D eigenvalue weighted by atomic mass is 32.2. The normalized spacial score (nSPS) is 14.1. The fourth-order valence-electron chi connectivity index (χ4n) is 2.69. The predicted molar refractivity (Wildman–Crippen MR) is 89.1 cm³/mol. The molecule has 0 atom stereocenters. The van der Waals surface area contributed by atoms with E-state index in [1.54, 1.807) is 17.0 Å². The van der Waals surface area contributed by atoms with Crippen LogP contribution in [0.5, 0.6) is 0 Å². The third kappa shape index (κ3) is 2.75. The lowest BCUT2D eigenvalue weighted by Crippen LogP contribution is -2.29. The molecule has 5 nitrogen and oxygen atoms in total. The Hall–Kier alpha value is -2.18. The number of fused-ring (bicyclic) bond motifs is 1. The molecule has 0 saturated heterocycles. The van der Waals surface area contributed by atoms with E-state index in [1.165, 1.54) is 26.2 Å². The largest absolute Gasteiger partial charge is 0.308 e. The summed E-state index contributed by atoms with van der Waals surface area (Å²) in [5.74, 6) is -0.108. The SMILES string of the molecule is CN(C)S(=O)(=O)c1ccc(C(=O)N2CCc3ccccc32)cc1. The highest BCUT2D eigenvalue weighted by Crippen LogP contribution is 2.29. The van der Waals surface area contributed by atoms with Crippen LogP contribution in [0.1, 0.15) is 15.9 Å². The Balaban J connectivity index is 1.88. The summed E-state index contributed by atoms with van der Waals surface area (Å²) >= 11 is 0. The van der Waals surface area contributed by atoms with Crippen LogP contribution < -0.4 is 4.90 Å². The molecule has 6 heteroatoms. The second-order valence-corrected chi connectivity index (χ2v) is 7.80. The second kappa shape index (κ2) is 5.79. The molecule has 0 saturated carbocycles. The minimum atomic E-state index is -3.48. The number of para-hydroxylation sites is 1. The molecule has 0 unspecified atom stereocenters. The van der Waals surface area contributed by atoms with Gasteiger partial charge in [-0.15, -0.1) is 0 Å². The monoisotopic (exact) mass is 330 g/mol. The van der Waals surface area contributed by atoms with Crippen LogP contribution in [0.3, 0.4) is 0 Å². The topological polar surface area (TPSA) is 57.7 Å². The number of rotatable bonds is 3. The van der Waals surface area contributed by atoms with Crippen molar-refractivity contribution in [1.29, 1.82) is 0 Å². The summed E-state index contributed by atoms with van der Waals surface area (Å²) in [7, 11) is -0.515. The van der Waals surface area contributed by atoms with Crippen molar-refractivity contribution in [3.05, 3.63) is 59.7 Å². The number of hydrogen-bond donors (Lipinski definition) is 0. The fraction of sp³-hybridized carbons (Fsp3) is 0.235. The van der Waals surface area contributed by atoms with Crippen LogP contribution in [0, 0.1) is 0 Å². The molecular formula is C17H18N2O3S. The standard InChI is InChI=1S/C17H18N2O3S/c1-18(2)23(21,22)15-9-7-14(8-10-15)17(20)19-12-11-13-5-3-4-6-16(13)19/h3-10H,11-12H2,1-2H3. The molecule has 3 rings (SSSR count). The number of amides is 1. The third-order valence-corrected chi connectivity index (χ3v) is 5.84. The van der Waals surface area contributed by atoms with Crippen LogP contribution in [0.15, 0.2) is 53.4 Å². The van der Waals surface area contributed by atoms with Gasteiger partial charge in [0, 0.05) is 31.9 Å². The van der Waals surface area contributed by atoms with Crippen molar-refractivity contribution in [3.8, 4) is 0 Å². The van der Waals surface area contributed by atoms with Crippen molar-refractivity contribution in [2.24, 2.45) is 0 Å². The second-order valence-electron chi connectivity index (χ2n) is 5.65. The zero-order valence-electron chi connectivity index (χ0n) is 13.1. The molecule has 1 amide bonds. The van der Waals surface area contributed by atoms with Gasteiger partial charge in [0.2, 0.25) is 10.0 Å². The number of sulfonamides is 1. The maximum atomic E-state index is 12.7. The van der Waals surface area contributed by atoms with E-state index >= 15 is 0 Å². The zero-order chi connectivity index (χ0) is 16.6. The summed E-state index contributed by atoms with van der Waals surface area (Å²) in [6.07, 6.45) is 0.842. The highest BCUT2D eigenvalue weighted by molar-refractivity contribution is 7.89. The van der Waals surface area contributed by atoms with Crippen molar-refractivity contribution in [1.82, 2.24) is 4.31 Å². The summed E-state index contributed by atoms with van der Waals surface area (Å²) in [5, 5.41) is 0. The molecule has 0 bridgehead atoms. The molecule has 2 aromatic carbocycles. The van der Waals surface area contributed by atoms with E-state index in [-0.39, 0.29) is 10.8 Å². The predicted octanol–water partition coefficient (Wildman–Crippen LogP) is 2.14. The van der Waals surface area contributed by atoms with Gasteiger partial charge in [0.05, 0.1) is 4.90 Å². The first kappa shape index (κ1) is 15.7. The maximum Gasteiger partial charge on any atom is 0.258 e. The number of carbonyl (C=O) groups is 1. The Morgan fingerprint density at radius 2 is 1.70 bits per heavy atom. The molecule has 1 aliphatic rings. The van der Waals surface area contributed by atoms with Crippen LogP contribution in [0.25, 0.3) is 0 Å². The molecule has 120 valence electrons. The Morgan fingerprint density at radius 1 is 1.04 bits per heavy atom. The van der Waals surface area contributed by atoms with E-state index in [4.69, 9.17) is 0 Å². The van der Waals surface area contributed by atoms with Crippen molar-refractivity contribution in [3.63, 3.8) is 0 Å². The molecule has 0 fully saturated rings. The summed E-state index contributed by atoms with van der Waals surface area (Å²) in [6.45, 7) is 0.649. The first-order valence-corrected chi connectivity index (χ1v) is 8.77. The van der Waals surface area contributed by atoms with Gasteiger partial charge in [-0.2, -0.15) is 0 Å². The van der Waals surface area contributed by atoms with E-state index in [0.29, 0.717) is 12.1 Å². The quantitative estimate of drug-likeness (QED) is 0.866. The Kier molecular flexibility index (Phi) is 3.95. The Morgan fingerprint density at radius 3 is 2.35 bits per heavy atom. The summed E-state index contributed by atoms with van der Waals surface area (Å²) in [5.41, 5.74) is 2.58. The molecule has 0 N–H and O–H groups in total. The molecular weight excluding hydrogens is 312 g/mol. The van der Waals surface area contributed by atoms with E-state index in [9.17, 15) is 13.2 Å². The van der Waals surface area contributed by atoms with E-state index in [1.807, 2.05) is 24.3 Å². The first-order valence-electron chi connectivity index (χ1n) is 7.33. The fourth-order valence-corrected chi connectivity index (χ4v) is 3.59. The molecule has 0 radical (unpaired) electrons.